The molecule has 108 valence electrons. The number of fused-ring (bicyclic) bond motifs is 1. The standard InChI is InChI=1S/C15H14N2O2S2/c16-10-12-8-9-15(20-12)21(18,19)17-14-7-3-5-11-4-1-2-6-13(11)14/h1-9,17H,10,16H2. The van der Waals surface area contributed by atoms with Crippen molar-refractivity contribution in [3.8, 4) is 0 Å². The van der Waals surface area contributed by atoms with E-state index < -0.39 is 10.0 Å². The van der Waals surface area contributed by atoms with Gasteiger partial charge in [-0.2, -0.15) is 0 Å². The molecule has 0 radical (unpaired) electrons. The molecule has 3 N–H and O–H groups in total. The second-order valence-electron chi connectivity index (χ2n) is 4.56. The lowest BCUT2D eigenvalue weighted by molar-refractivity contribution is 0.603. The van der Waals surface area contributed by atoms with E-state index in [1.807, 2.05) is 36.4 Å². The highest BCUT2D eigenvalue weighted by molar-refractivity contribution is 7.94. The molecule has 0 atom stereocenters. The summed E-state index contributed by atoms with van der Waals surface area (Å²) in [5.74, 6) is 0. The van der Waals surface area contributed by atoms with Crippen molar-refractivity contribution in [3.63, 3.8) is 0 Å². The molecule has 0 spiro atoms. The minimum Gasteiger partial charge on any atom is -0.326 e. The highest BCUT2D eigenvalue weighted by Gasteiger charge is 2.17. The number of benzene rings is 2. The van der Waals surface area contributed by atoms with E-state index in [4.69, 9.17) is 5.73 Å². The topological polar surface area (TPSA) is 72.2 Å². The van der Waals surface area contributed by atoms with Crippen molar-refractivity contribution in [2.45, 2.75) is 10.8 Å². The molecule has 6 heteroatoms. The van der Waals surface area contributed by atoms with Gasteiger partial charge in [-0.25, -0.2) is 8.42 Å². The second-order valence-corrected chi connectivity index (χ2v) is 7.63. The van der Waals surface area contributed by atoms with E-state index in [9.17, 15) is 8.42 Å². The summed E-state index contributed by atoms with van der Waals surface area (Å²) in [4.78, 5) is 0.841. The molecule has 0 unspecified atom stereocenters. The summed E-state index contributed by atoms with van der Waals surface area (Å²) in [6.07, 6.45) is 0. The summed E-state index contributed by atoms with van der Waals surface area (Å²) in [7, 11) is -3.58. The molecule has 1 heterocycles. The molecule has 2 aromatic carbocycles. The Bertz CT molecular complexity index is 880. The van der Waals surface area contributed by atoms with E-state index >= 15 is 0 Å². The number of anilines is 1. The summed E-state index contributed by atoms with van der Waals surface area (Å²) < 4.78 is 27.8. The Morgan fingerprint density at radius 2 is 1.76 bits per heavy atom. The number of nitrogens with two attached hydrogens (primary N) is 1. The number of rotatable bonds is 4. The molecular formula is C15H14N2O2S2. The maximum absolute atomic E-state index is 12.4. The molecule has 0 aliphatic heterocycles. The maximum atomic E-state index is 12.4. The molecular weight excluding hydrogens is 304 g/mol. The molecule has 21 heavy (non-hydrogen) atoms. The first-order chi connectivity index (χ1) is 10.1. The van der Waals surface area contributed by atoms with E-state index in [0.717, 1.165) is 15.6 Å². The number of hydrogen-bond donors (Lipinski definition) is 2. The Labute approximate surface area is 127 Å². The summed E-state index contributed by atoms with van der Waals surface area (Å²) in [5.41, 5.74) is 6.11. The van der Waals surface area contributed by atoms with E-state index in [2.05, 4.69) is 4.72 Å². The van der Waals surface area contributed by atoms with Gasteiger partial charge in [0.05, 0.1) is 5.69 Å². The van der Waals surface area contributed by atoms with Gasteiger partial charge in [0.2, 0.25) is 0 Å². The first kappa shape index (κ1) is 14.1. The average molecular weight is 318 g/mol. The fraction of sp³-hybridized carbons (Fsp3) is 0.0667. The van der Waals surface area contributed by atoms with Crippen molar-refractivity contribution in [1.82, 2.24) is 0 Å². The van der Waals surface area contributed by atoms with E-state index in [1.165, 1.54) is 11.3 Å². The van der Waals surface area contributed by atoms with Gasteiger partial charge in [0.25, 0.3) is 10.0 Å². The fourth-order valence-electron chi connectivity index (χ4n) is 2.12. The van der Waals surface area contributed by atoms with Crippen LogP contribution in [0.4, 0.5) is 5.69 Å². The van der Waals surface area contributed by atoms with E-state index in [-0.39, 0.29) is 4.21 Å². The van der Waals surface area contributed by atoms with Crippen molar-refractivity contribution in [2.24, 2.45) is 5.73 Å². The second kappa shape index (κ2) is 5.48. The van der Waals surface area contributed by atoms with Gasteiger partial charge in [-0.3, -0.25) is 4.72 Å². The van der Waals surface area contributed by atoms with Gasteiger partial charge in [0.15, 0.2) is 0 Å². The zero-order valence-corrected chi connectivity index (χ0v) is 12.7. The quantitative estimate of drug-likeness (QED) is 0.776. The largest absolute Gasteiger partial charge is 0.326 e. The summed E-state index contributed by atoms with van der Waals surface area (Å²) >= 11 is 1.19. The molecule has 0 bridgehead atoms. The van der Waals surface area contributed by atoms with E-state index in [0.29, 0.717) is 12.2 Å². The predicted molar refractivity (Wildman–Crippen MR) is 87.0 cm³/mol. The minimum atomic E-state index is -3.58. The van der Waals surface area contributed by atoms with Crippen LogP contribution in [0, 0.1) is 0 Å². The summed E-state index contributed by atoms with van der Waals surface area (Å²) in [6, 6.07) is 16.5. The van der Waals surface area contributed by atoms with Gasteiger partial charge in [-0.15, -0.1) is 11.3 Å². The molecule has 0 saturated heterocycles. The van der Waals surface area contributed by atoms with Crippen LogP contribution in [-0.4, -0.2) is 8.42 Å². The molecule has 0 aliphatic rings. The maximum Gasteiger partial charge on any atom is 0.271 e. The van der Waals surface area contributed by atoms with Crippen LogP contribution in [-0.2, 0) is 16.6 Å². The van der Waals surface area contributed by atoms with Crippen LogP contribution in [0.2, 0.25) is 0 Å². The Balaban J connectivity index is 2.01. The Morgan fingerprint density at radius 1 is 1.00 bits per heavy atom. The third kappa shape index (κ3) is 2.78. The minimum absolute atomic E-state index is 0.274. The third-order valence-electron chi connectivity index (χ3n) is 3.14. The third-order valence-corrected chi connectivity index (χ3v) is 6.10. The summed E-state index contributed by atoms with van der Waals surface area (Å²) in [6.45, 7) is 0.342. The number of hydrogen-bond acceptors (Lipinski definition) is 4. The number of nitrogens with one attached hydrogen (secondary N) is 1. The molecule has 3 aromatic rings. The lowest BCUT2D eigenvalue weighted by atomic mass is 10.1. The Kier molecular flexibility index (Phi) is 3.67. The van der Waals surface area contributed by atoms with Gasteiger partial charge in [0.1, 0.15) is 4.21 Å². The predicted octanol–water partition coefficient (Wildman–Crippen LogP) is 3.16. The van der Waals surface area contributed by atoms with Crippen molar-refractivity contribution in [3.05, 3.63) is 59.5 Å². The van der Waals surface area contributed by atoms with Gasteiger partial charge >= 0.3 is 0 Å². The van der Waals surface area contributed by atoms with Crippen LogP contribution in [0.1, 0.15) is 4.88 Å². The Hall–Kier alpha value is -1.89. The van der Waals surface area contributed by atoms with Crippen LogP contribution in [0.15, 0.2) is 58.8 Å². The monoisotopic (exact) mass is 318 g/mol. The SMILES string of the molecule is NCc1ccc(S(=O)(=O)Nc2cccc3ccccc23)s1. The van der Waals surface area contributed by atoms with Crippen LogP contribution < -0.4 is 10.5 Å². The van der Waals surface area contributed by atoms with Crippen molar-refractivity contribution in [1.29, 1.82) is 0 Å². The lowest BCUT2D eigenvalue weighted by Crippen LogP contribution is -2.11. The van der Waals surface area contributed by atoms with Gasteiger partial charge in [-0.1, -0.05) is 36.4 Å². The zero-order chi connectivity index (χ0) is 14.9. The molecule has 3 rings (SSSR count). The van der Waals surface area contributed by atoms with Crippen molar-refractivity contribution < 1.29 is 8.42 Å². The molecule has 0 aliphatic carbocycles. The molecule has 0 saturated carbocycles. The van der Waals surface area contributed by atoms with Crippen LogP contribution in [0.25, 0.3) is 10.8 Å². The van der Waals surface area contributed by atoms with Gasteiger partial charge in [0, 0.05) is 16.8 Å². The number of sulfonamides is 1. The average Bonchev–Trinajstić information content (AvgIpc) is 2.97. The van der Waals surface area contributed by atoms with Crippen molar-refractivity contribution >= 4 is 37.8 Å². The lowest BCUT2D eigenvalue weighted by Gasteiger charge is -2.09. The molecule has 0 fully saturated rings. The zero-order valence-electron chi connectivity index (χ0n) is 11.1. The van der Waals surface area contributed by atoms with Gasteiger partial charge in [-0.05, 0) is 23.6 Å². The highest BCUT2D eigenvalue weighted by Crippen LogP contribution is 2.28. The van der Waals surface area contributed by atoms with E-state index in [1.54, 1.807) is 18.2 Å². The first-order valence-corrected chi connectivity index (χ1v) is 8.69. The highest BCUT2D eigenvalue weighted by atomic mass is 32.2. The summed E-state index contributed by atoms with van der Waals surface area (Å²) in [5, 5.41) is 1.87. The molecule has 1 aromatic heterocycles. The fourth-order valence-corrected chi connectivity index (χ4v) is 4.44. The van der Waals surface area contributed by atoms with Crippen LogP contribution in [0.3, 0.4) is 0 Å². The van der Waals surface area contributed by atoms with Crippen LogP contribution in [0.5, 0.6) is 0 Å². The normalized spacial score (nSPS) is 11.7. The van der Waals surface area contributed by atoms with Crippen LogP contribution >= 0.6 is 11.3 Å². The Morgan fingerprint density at radius 3 is 2.52 bits per heavy atom. The number of thiophene rings is 1. The molecule has 4 nitrogen and oxygen atoms in total. The van der Waals surface area contributed by atoms with Gasteiger partial charge < -0.3 is 5.73 Å². The molecule has 0 amide bonds. The smallest absolute Gasteiger partial charge is 0.271 e. The van der Waals surface area contributed by atoms with Crippen molar-refractivity contribution in [2.75, 3.05) is 4.72 Å². The first-order valence-electron chi connectivity index (χ1n) is 6.39.